The first kappa shape index (κ1) is 14.9. The molecule has 116 valence electrons. The monoisotopic (exact) mass is 288 g/mol. The molecule has 0 radical (unpaired) electrons. The zero-order valence-electron chi connectivity index (χ0n) is 13.0. The standard InChI is InChI=1S/C17H28N4/c18-13-16-12-15(4-7-19-16)14-20-10-5-17(6-11-20)21-8-2-1-3-9-21/h4,7,12,17H,1-3,5-6,8-11,13-14,18H2. The third-order valence-electron chi connectivity index (χ3n) is 4.96. The highest BCUT2D eigenvalue weighted by Gasteiger charge is 2.25. The molecule has 0 bridgehead atoms. The number of hydrogen-bond acceptors (Lipinski definition) is 4. The van der Waals surface area contributed by atoms with Crippen LogP contribution in [0.2, 0.25) is 0 Å². The first-order chi connectivity index (χ1) is 10.3. The van der Waals surface area contributed by atoms with Crippen LogP contribution in [0.3, 0.4) is 0 Å². The summed E-state index contributed by atoms with van der Waals surface area (Å²) in [6.45, 7) is 6.68. The summed E-state index contributed by atoms with van der Waals surface area (Å²) in [5, 5.41) is 0. The zero-order chi connectivity index (χ0) is 14.5. The van der Waals surface area contributed by atoms with E-state index in [0.717, 1.165) is 18.3 Å². The van der Waals surface area contributed by atoms with Crippen LogP contribution in [0.15, 0.2) is 18.3 Å². The molecule has 3 rings (SSSR count). The molecule has 4 heteroatoms. The van der Waals surface area contributed by atoms with Gasteiger partial charge in [0.15, 0.2) is 0 Å². The second kappa shape index (κ2) is 7.34. The Morgan fingerprint density at radius 1 is 1.10 bits per heavy atom. The molecule has 2 aliphatic rings. The quantitative estimate of drug-likeness (QED) is 0.920. The maximum Gasteiger partial charge on any atom is 0.0542 e. The lowest BCUT2D eigenvalue weighted by atomic mass is 9.99. The van der Waals surface area contributed by atoms with Crippen LogP contribution in [-0.4, -0.2) is 47.0 Å². The topological polar surface area (TPSA) is 45.4 Å². The molecule has 2 aliphatic heterocycles. The second-order valence-corrected chi connectivity index (χ2v) is 6.46. The molecule has 2 fully saturated rings. The van der Waals surface area contributed by atoms with Crippen molar-refractivity contribution >= 4 is 0 Å². The lowest BCUT2D eigenvalue weighted by Crippen LogP contribution is -2.46. The van der Waals surface area contributed by atoms with Gasteiger partial charge in [-0.2, -0.15) is 0 Å². The molecule has 3 heterocycles. The fraction of sp³-hybridized carbons (Fsp3) is 0.706. The minimum absolute atomic E-state index is 0.533. The zero-order valence-corrected chi connectivity index (χ0v) is 13.0. The van der Waals surface area contributed by atoms with Crippen molar-refractivity contribution in [3.05, 3.63) is 29.6 Å². The number of rotatable bonds is 4. The Balaban J connectivity index is 1.48. The maximum absolute atomic E-state index is 5.67. The minimum atomic E-state index is 0.533. The first-order valence-electron chi connectivity index (χ1n) is 8.45. The van der Waals surface area contributed by atoms with E-state index in [0.29, 0.717) is 6.54 Å². The fourth-order valence-corrected chi connectivity index (χ4v) is 3.72. The molecule has 1 aromatic rings. The van der Waals surface area contributed by atoms with Gasteiger partial charge in [-0.1, -0.05) is 6.42 Å². The molecule has 2 N–H and O–H groups in total. The van der Waals surface area contributed by atoms with Crippen molar-refractivity contribution in [1.29, 1.82) is 0 Å². The van der Waals surface area contributed by atoms with E-state index in [4.69, 9.17) is 5.73 Å². The largest absolute Gasteiger partial charge is 0.325 e. The van der Waals surface area contributed by atoms with Crippen molar-refractivity contribution in [2.24, 2.45) is 5.73 Å². The van der Waals surface area contributed by atoms with Gasteiger partial charge >= 0.3 is 0 Å². The average molecular weight is 288 g/mol. The van der Waals surface area contributed by atoms with Gasteiger partial charge in [-0.25, -0.2) is 0 Å². The van der Waals surface area contributed by atoms with Gasteiger partial charge < -0.3 is 10.6 Å². The summed E-state index contributed by atoms with van der Waals surface area (Å²) in [5.74, 6) is 0. The Bertz CT molecular complexity index is 434. The van der Waals surface area contributed by atoms with Crippen LogP contribution in [0.4, 0.5) is 0 Å². The maximum atomic E-state index is 5.67. The van der Waals surface area contributed by atoms with Crippen molar-refractivity contribution in [1.82, 2.24) is 14.8 Å². The number of pyridine rings is 1. The fourth-order valence-electron chi connectivity index (χ4n) is 3.72. The van der Waals surface area contributed by atoms with Crippen LogP contribution >= 0.6 is 0 Å². The van der Waals surface area contributed by atoms with Crippen LogP contribution in [-0.2, 0) is 13.1 Å². The van der Waals surface area contributed by atoms with Crippen molar-refractivity contribution in [3.63, 3.8) is 0 Å². The van der Waals surface area contributed by atoms with Gasteiger partial charge in [0.05, 0.1) is 5.69 Å². The normalized spacial score (nSPS) is 22.5. The molecule has 1 aromatic heterocycles. The third kappa shape index (κ3) is 4.02. The van der Waals surface area contributed by atoms with Gasteiger partial charge in [0.25, 0.3) is 0 Å². The lowest BCUT2D eigenvalue weighted by Gasteiger charge is -2.40. The van der Waals surface area contributed by atoms with Crippen LogP contribution in [0.5, 0.6) is 0 Å². The minimum Gasteiger partial charge on any atom is -0.325 e. The van der Waals surface area contributed by atoms with E-state index < -0.39 is 0 Å². The van der Waals surface area contributed by atoms with Gasteiger partial charge in [-0.05, 0) is 69.6 Å². The van der Waals surface area contributed by atoms with Gasteiger partial charge in [0.1, 0.15) is 0 Å². The van der Waals surface area contributed by atoms with E-state index in [9.17, 15) is 0 Å². The van der Waals surface area contributed by atoms with E-state index in [1.807, 2.05) is 6.20 Å². The summed E-state index contributed by atoms with van der Waals surface area (Å²) >= 11 is 0. The Morgan fingerprint density at radius 2 is 1.86 bits per heavy atom. The average Bonchev–Trinajstić information content (AvgIpc) is 2.56. The highest BCUT2D eigenvalue weighted by atomic mass is 15.2. The summed E-state index contributed by atoms with van der Waals surface area (Å²) in [6.07, 6.45) is 8.78. The van der Waals surface area contributed by atoms with E-state index in [1.54, 1.807) is 0 Å². The molecule has 0 aliphatic carbocycles. The second-order valence-electron chi connectivity index (χ2n) is 6.46. The van der Waals surface area contributed by atoms with Crippen LogP contribution < -0.4 is 5.73 Å². The number of aromatic nitrogens is 1. The number of hydrogen-bond donors (Lipinski definition) is 1. The lowest BCUT2D eigenvalue weighted by molar-refractivity contribution is 0.0896. The molecular weight excluding hydrogens is 260 g/mol. The van der Waals surface area contributed by atoms with Gasteiger partial charge in [-0.15, -0.1) is 0 Å². The van der Waals surface area contributed by atoms with Crippen LogP contribution in [0.25, 0.3) is 0 Å². The van der Waals surface area contributed by atoms with Crippen molar-refractivity contribution in [3.8, 4) is 0 Å². The van der Waals surface area contributed by atoms with Gasteiger partial charge in [0.2, 0.25) is 0 Å². The Labute approximate surface area is 128 Å². The highest BCUT2D eigenvalue weighted by molar-refractivity contribution is 5.16. The molecule has 0 unspecified atom stereocenters. The summed E-state index contributed by atoms with van der Waals surface area (Å²) in [6, 6.07) is 5.10. The predicted octanol–water partition coefficient (Wildman–Crippen LogP) is 1.99. The molecule has 0 atom stereocenters. The Morgan fingerprint density at radius 3 is 2.57 bits per heavy atom. The highest BCUT2D eigenvalue weighted by Crippen LogP contribution is 2.21. The summed E-state index contributed by atoms with van der Waals surface area (Å²) in [7, 11) is 0. The van der Waals surface area contributed by atoms with Gasteiger partial charge in [0, 0.05) is 25.3 Å². The molecule has 0 spiro atoms. The first-order valence-corrected chi connectivity index (χ1v) is 8.45. The third-order valence-corrected chi connectivity index (χ3v) is 4.96. The van der Waals surface area contributed by atoms with Gasteiger partial charge in [-0.3, -0.25) is 9.88 Å². The Hall–Kier alpha value is -0.970. The number of nitrogens with zero attached hydrogens (tertiary/aromatic N) is 3. The van der Waals surface area contributed by atoms with Crippen LogP contribution in [0.1, 0.15) is 43.4 Å². The smallest absolute Gasteiger partial charge is 0.0542 e. The van der Waals surface area contributed by atoms with E-state index in [1.165, 1.54) is 63.8 Å². The molecule has 4 nitrogen and oxygen atoms in total. The van der Waals surface area contributed by atoms with E-state index in [2.05, 4.69) is 26.9 Å². The summed E-state index contributed by atoms with van der Waals surface area (Å²) < 4.78 is 0. The Kier molecular flexibility index (Phi) is 5.22. The molecule has 21 heavy (non-hydrogen) atoms. The van der Waals surface area contributed by atoms with Crippen molar-refractivity contribution < 1.29 is 0 Å². The number of piperidine rings is 2. The van der Waals surface area contributed by atoms with Crippen molar-refractivity contribution in [2.75, 3.05) is 26.2 Å². The van der Waals surface area contributed by atoms with Crippen molar-refractivity contribution in [2.45, 2.75) is 51.2 Å². The molecule has 0 amide bonds. The number of nitrogens with two attached hydrogens (primary N) is 1. The molecular formula is C17H28N4. The van der Waals surface area contributed by atoms with Crippen LogP contribution in [0, 0.1) is 0 Å². The SMILES string of the molecule is NCc1cc(CN2CCC(N3CCCCC3)CC2)ccn1. The summed E-state index contributed by atoms with van der Waals surface area (Å²) in [4.78, 5) is 9.59. The summed E-state index contributed by atoms with van der Waals surface area (Å²) in [5.41, 5.74) is 8.02. The molecule has 0 saturated carbocycles. The molecule has 0 aromatic carbocycles. The van der Waals surface area contributed by atoms with E-state index >= 15 is 0 Å². The number of likely N-dealkylation sites (tertiary alicyclic amines) is 2. The van der Waals surface area contributed by atoms with E-state index in [-0.39, 0.29) is 0 Å². The predicted molar refractivity (Wildman–Crippen MR) is 85.9 cm³/mol. The molecule has 2 saturated heterocycles.